The number of hydrogen-bond acceptors (Lipinski definition) is 0. The van der Waals surface area contributed by atoms with Gasteiger partial charge in [0.2, 0.25) is 0 Å². The lowest BCUT2D eigenvalue weighted by molar-refractivity contribution is 0.569. The van der Waals surface area contributed by atoms with Crippen molar-refractivity contribution in [2.45, 2.75) is 130 Å². The predicted octanol–water partition coefficient (Wildman–Crippen LogP) is 14.0. The maximum absolute atomic E-state index is 2.69. The van der Waals surface area contributed by atoms with Crippen molar-refractivity contribution in [1.82, 2.24) is 0 Å². The Hall–Kier alpha value is -3.42. The maximum atomic E-state index is 2.69. The van der Waals surface area contributed by atoms with E-state index in [-0.39, 0.29) is 16.2 Å². The molecule has 1 heteroatoms. The first-order chi connectivity index (χ1) is 22.6. The van der Waals surface area contributed by atoms with Crippen molar-refractivity contribution < 1.29 is 0 Å². The van der Waals surface area contributed by atoms with Gasteiger partial charge < -0.3 is 0 Å². The quantitative estimate of drug-likeness (QED) is 0.190. The maximum Gasteiger partial charge on any atom is 0.0722 e. The van der Waals surface area contributed by atoms with Gasteiger partial charge in [0.15, 0.2) is 0 Å². The van der Waals surface area contributed by atoms with E-state index in [9.17, 15) is 0 Å². The molecule has 256 valence electrons. The van der Waals surface area contributed by atoms with Crippen LogP contribution >= 0.6 is 0 Å². The van der Waals surface area contributed by atoms with Gasteiger partial charge in [-0.25, -0.2) is 0 Å². The molecule has 2 aliphatic rings. The van der Waals surface area contributed by atoms with E-state index < -0.39 is 8.07 Å². The van der Waals surface area contributed by atoms with Gasteiger partial charge in [-0.2, -0.15) is 0 Å². The molecule has 0 radical (unpaired) electrons. The smallest absolute Gasteiger partial charge is 0.0679 e. The van der Waals surface area contributed by atoms with Crippen LogP contribution < -0.4 is 0 Å². The number of allylic oxidation sites excluding steroid dienone is 2. The molecule has 0 saturated heterocycles. The number of benzene rings is 4. The average molecular weight is 665 g/mol. The molecule has 4 aromatic carbocycles. The molecule has 2 unspecified atom stereocenters. The minimum Gasteiger partial charge on any atom is -0.0679 e. The zero-order valence-electron chi connectivity index (χ0n) is 33.2. The Bertz CT molecular complexity index is 1980. The second kappa shape index (κ2) is 11.8. The standard InChI is InChI=1S/C48H60Si/c1-29-21-22-37(34-25-35(46(5,6)7)27-36(26-34)47(8,9)10)43-38(29)23-31(3)45(43)49(14,15)44-30(2)24-39-40(44)28-41(48(11,12)13)32(4)42(39)33-19-17-16-18-20-33/h16-28,44-45H,1-15H3. The molecule has 0 heterocycles. The monoisotopic (exact) mass is 664 g/mol. The molecule has 0 spiro atoms. The van der Waals surface area contributed by atoms with Gasteiger partial charge in [0.25, 0.3) is 0 Å². The molecule has 0 N–H and O–H groups in total. The Morgan fingerprint density at radius 1 is 0.551 bits per heavy atom. The SMILES string of the molecule is CC1=Cc2c(cc(C(C)(C)C)c(C)c2-c2ccccc2)C1[Si](C)(C)C1C(C)=Cc2c(C)ccc(-c3cc(C(C)(C)C)cc(C(C)(C)C)c3)c21. The van der Waals surface area contributed by atoms with E-state index in [1.165, 1.54) is 72.3 Å². The van der Waals surface area contributed by atoms with E-state index in [1.807, 2.05) is 0 Å². The van der Waals surface area contributed by atoms with E-state index in [0.29, 0.717) is 11.1 Å². The molecule has 0 fully saturated rings. The average Bonchev–Trinajstić information content (AvgIpc) is 3.53. The summed E-state index contributed by atoms with van der Waals surface area (Å²) in [4.78, 5) is 0. The summed E-state index contributed by atoms with van der Waals surface area (Å²) in [7, 11) is -2.11. The van der Waals surface area contributed by atoms with Gasteiger partial charge in [-0.1, -0.05) is 165 Å². The second-order valence-electron chi connectivity index (χ2n) is 19.1. The molecule has 2 atom stereocenters. The van der Waals surface area contributed by atoms with Gasteiger partial charge in [0.1, 0.15) is 0 Å². The zero-order valence-corrected chi connectivity index (χ0v) is 34.2. The zero-order chi connectivity index (χ0) is 36.0. The van der Waals surface area contributed by atoms with Crippen molar-refractivity contribution in [2.24, 2.45) is 0 Å². The molecular formula is C48H60Si. The van der Waals surface area contributed by atoms with Crippen molar-refractivity contribution in [1.29, 1.82) is 0 Å². The summed E-state index contributed by atoms with van der Waals surface area (Å²) in [5.41, 5.74) is 22.9. The van der Waals surface area contributed by atoms with Crippen molar-refractivity contribution >= 4 is 20.2 Å². The molecule has 0 aromatic heterocycles. The van der Waals surface area contributed by atoms with Crippen LogP contribution in [0, 0.1) is 13.8 Å². The third-order valence-electron chi connectivity index (χ3n) is 11.8. The van der Waals surface area contributed by atoms with Crippen LogP contribution in [0.25, 0.3) is 34.4 Å². The molecule has 2 aliphatic carbocycles. The molecule has 4 aromatic rings. The normalized spacial score (nSPS) is 17.9. The highest BCUT2D eigenvalue weighted by atomic mass is 28.3. The molecule has 0 nitrogen and oxygen atoms in total. The molecule has 0 amide bonds. The number of rotatable bonds is 4. The summed E-state index contributed by atoms with van der Waals surface area (Å²) in [6.45, 7) is 36.2. The third kappa shape index (κ3) is 6.05. The van der Waals surface area contributed by atoms with Crippen LogP contribution in [0.2, 0.25) is 13.1 Å². The minimum absolute atomic E-state index is 0.0538. The van der Waals surface area contributed by atoms with Gasteiger partial charge in [-0.3, -0.25) is 0 Å². The Labute approximate surface area is 299 Å². The van der Waals surface area contributed by atoms with Gasteiger partial charge in [-0.05, 0) is 116 Å². The van der Waals surface area contributed by atoms with Crippen LogP contribution in [-0.2, 0) is 16.2 Å². The van der Waals surface area contributed by atoms with Gasteiger partial charge in [0.05, 0.1) is 8.07 Å². The Balaban J connectivity index is 1.59. The summed E-state index contributed by atoms with van der Waals surface area (Å²) in [5.74, 6) is 0. The van der Waals surface area contributed by atoms with E-state index in [4.69, 9.17) is 0 Å². The topological polar surface area (TPSA) is 0 Å². The van der Waals surface area contributed by atoms with E-state index in [2.05, 4.69) is 182 Å². The predicted molar refractivity (Wildman–Crippen MR) is 220 cm³/mol. The first kappa shape index (κ1) is 35.4. The molecular weight excluding hydrogens is 605 g/mol. The van der Waals surface area contributed by atoms with Crippen LogP contribution in [0.1, 0.15) is 137 Å². The highest BCUT2D eigenvalue weighted by molar-refractivity contribution is 6.82. The van der Waals surface area contributed by atoms with Gasteiger partial charge in [-0.15, -0.1) is 0 Å². The second-order valence-corrected chi connectivity index (χ2v) is 23.9. The summed E-state index contributed by atoms with van der Waals surface area (Å²) < 4.78 is 0. The highest BCUT2D eigenvalue weighted by Crippen LogP contribution is 2.56. The summed E-state index contributed by atoms with van der Waals surface area (Å²) >= 11 is 0. The summed E-state index contributed by atoms with van der Waals surface area (Å²) in [6, 6.07) is 26.0. The number of aryl methyl sites for hydroxylation is 1. The van der Waals surface area contributed by atoms with E-state index >= 15 is 0 Å². The van der Waals surface area contributed by atoms with Gasteiger partial charge >= 0.3 is 0 Å². The first-order valence-electron chi connectivity index (χ1n) is 18.5. The van der Waals surface area contributed by atoms with Crippen LogP contribution in [0.3, 0.4) is 0 Å². The Morgan fingerprint density at radius 3 is 1.65 bits per heavy atom. The third-order valence-corrected chi connectivity index (χ3v) is 16.2. The lowest BCUT2D eigenvalue weighted by Crippen LogP contribution is -2.42. The van der Waals surface area contributed by atoms with Crippen molar-refractivity contribution in [3.63, 3.8) is 0 Å². The fourth-order valence-electron chi connectivity index (χ4n) is 9.33. The van der Waals surface area contributed by atoms with Gasteiger partial charge in [0, 0.05) is 11.1 Å². The van der Waals surface area contributed by atoms with Crippen molar-refractivity contribution in [3.8, 4) is 22.3 Å². The van der Waals surface area contributed by atoms with E-state index in [0.717, 1.165) is 0 Å². The lowest BCUT2D eigenvalue weighted by atomic mass is 9.78. The van der Waals surface area contributed by atoms with Crippen LogP contribution in [-0.4, -0.2) is 8.07 Å². The van der Waals surface area contributed by atoms with Crippen LogP contribution in [0.4, 0.5) is 0 Å². The van der Waals surface area contributed by atoms with Crippen molar-refractivity contribution in [3.05, 3.63) is 128 Å². The van der Waals surface area contributed by atoms with E-state index in [1.54, 1.807) is 11.1 Å². The fourth-order valence-corrected chi connectivity index (χ4v) is 14.3. The highest BCUT2D eigenvalue weighted by Gasteiger charge is 2.48. The summed E-state index contributed by atoms with van der Waals surface area (Å²) in [6.07, 6.45) is 5.11. The first-order valence-corrected chi connectivity index (χ1v) is 21.7. The number of hydrogen-bond donors (Lipinski definition) is 0. The molecule has 0 bridgehead atoms. The van der Waals surface area contributed by atoms with Crippen LogP contribution in [0.5, 0.6) is 0 Å². The lowest BCUT2D eigenvalue weighted by Gasteiger charge is -2.40. The molecule has 6 rings (SSSR count). The van der Waals surface area contributed by atoms with Crippen molar-refractivity contribution in [2.75, 3.05) is 0 Å². The Kier molecular flexibility index (Phi) is 8.55. The molecule has 49 heavy (non-hydrogen) atoms. The number of fused-ring (bicyclic) bond motifs is 2. The minimum atomic E-state index is -2.11. The largest absolute Gasteiger partial charge is 0.0722 e. The summed E-state index contributed by atoms with van der Waals surface area (Å²) in [5, 5.41) is 0. The molecule has 0 aliphatic heterocycles. The fraction of sp³-hybridized carbons (Fsp3) is 0.417. The van der Waals surface area contributed by atoms with Crippen LogP contribution in [0.15, 0.2) is 77.9 Å². The Morgan fingerprint density at radius 2 is 1.10 bits per heavy atom. The molecule has 0 saturated carbocycles.